The fourth-order valence-corrected chi connectivity index (χ4v) is 4.45. The number of rotatable bonds is 4. The van der Waals surface area contributed by atoms with Gasteiger partial charge in [-0.25, -0.2) is 14.6 Å². The lowest BCUT2D eigenvalue weighted by atomic mass is 10.2. The highest BCUT2D eigenvalue weighted by molar-refractivity contribution is 7.21. The van der Waals surface area contributed by atoms with Gasteiger partial charge in [-0.1, -0.05) is 0 Å². The van der Waals surface area contributed by atoms with Crippen LogP contribution in [-0.2, 0) is 6.54 Å². The third kappa shape index (κ3) is 2.57. The van der Waals surface area contributed by atoms with E-state index in [0.717, 1.165) is 26.7 Å². The van der Waals surface area contributed by atoms with Gasteiger partial charge < -0.3 is 5.32 Å². The molecule has 9 heteroatoms. The first-order chi connectivity index (χ1) is 12.8. The molecular weight excluding hydrogens is 368 g/mol. The zero-order chi connectivity index (χ0) is 17.5. The molecule has 0 aliphatic heterocycles. The minimum absolute atomic E-state index is 0.102. The Labute approximate surface area is 155 Å². The van der Waals surface area contributed by atoms with Crippen molar-refractivity contribution in [3.05, 3.63) is 64.9 Å². The Hall–Kier alpha value is -3.04. The molecule has 1 amide bonds. The highest BCUT2D eigenvalue weighted by atomic mass is 32.1. The second-order valence-corrected chi connectivity index (χ2v) is 7.53. The number of hydrogen-bond donors (Lipinski definition) is 1. The smallest absolute Gasteiger partial charge is 0.261 e. The van der Waals surface area contributed by atoms with Gasteiger partial charge in [0.2, 0.25) is 0 Å². The van der Waals surface area contributed by atoms with E-state index in [9.17, 15) is 4.79 Å². The van der Waals surface area contributed by atoms with Gasteiger partial charge in [0.25, 0.3) is 5.91 Å². The summed E-state index contributed by atoms with van der Waals surface area (Å²) in [5, 5.41) is 9.12. The minimum atomic E-state index is -0.102. The van der Waals surface area contributed by atoms with Crippen LogP contribution in [0.1, 0.15) is 15.2 Å². The van der Waals surface area contributed by atoms with E-state index in [0.29, 0.717) is 11.4 Å². The van der Waals surface area contributed by atoms with E-state index in [1.807, 2.05) is 46.4 Å². The zero-order valence-corrected chi connectivity index (χ0v) is 15.0. The van der Waals surface area contributed by atoms with Gasteiger partial charge in [0.05, 0.1) is 10.4 Å². The molecular formula is C17H12N6OS2. The van der Waals surface area contributed by atoms with E-state index < -0.39 is 0 Å². The zero-order valence-electron chi connectivity index (χ0n) is 13.4. The van der Waals surface area contributed by atoms with E-state index in [1.54, 1.807) is 28.4 Å². The second kappa shape index (κ2) is 6.04. The summed E-state index contributed by atoms with van der Waals surface area (Å²) in [6.07, 6.45) is 7.22. The summed E-state index contributed by atoms with van der Waals surface area (Å²) < 4.78 is 3.69. The summed E-state index contributed by atoms with van der Waals surface area (Å²) in [5.41, 5.74) is 1.93. The van der Waals surface area contributed by atoms with Crippen LogP contribution < -0.4 is 5.32 Å². The van der Waals surface area contributed by atoms with E-state index >= 15 is 0 Å². The first-order valence-corrected chi connectivity index (χ1v) is 9.56. The Bertz CT molecular complexity index is 1220. The molecule has 128 valence electrons. The lowest BCUT2D eigenvalue weighted by Gasteiger charge is -2.06. The van der Waals surface area contributed by atoms with Gasteiger partial charge >= 0.3 is 0 Å². The van der Waals surface area contributed by atoms with Crippen molar-refractivity contribution >= 4 is 43.9 Å². The van der Waals surface area contributed by atoms with Crippen LogP contribution in [0.5, 0.6) is 0 Å². The van der Waals surface area contributed by atoms with Crippen molar-refractivity contribution in [1.29, 1.82) is 0 Å². The number of amides is 1. The van der Waals surface area contributed by atoms with Crippen molar-refractivity contribution in [3.63, 3.8) is 0 Å². The van der Waals surface area contributed by atoms with Crippen LogP contribution in [0, 0.1) is 0 Å². The third-order valence-corrected chi connectivity index (χ3v) is 5.74. The topological polar surface area (TPSA) is 77.1 Å². The van der Waals surface area contributed by atoms with Crippen LogP contribution in [0.25, 0.3) is 21.1 Å². The number of carbonyl (C=O) groups is 1. The molecule has 0 spiro atoms. The normalized spacial score (nSPS) is 11.4. The largest absolute Gasteiger partial charge is 0.347 e. The van der Waals surface area contributed by atoms with Crippen molar-refractivity contribution in [2.45, 2.75) is 6.54 Å². The molecule has 5 heterocycles. The molecule has 0 atom stereocenters. The predicted molar refractivity (Wildman–Crippen MR) is 101 cm³/mol. The summed E-state index contributed by atoms with van der Waals surface area (Å²) in [4.78, 5) is 23.8. The lowest BCUT2D eigenvalue weighted by Crippen LogP contribution is -2.22. The molecule has 0 aliphatic rings. The number of fused-ring (bicyclic) bond motifs is 3. The summed E-state index contributed by atoms with van der Waals surface area (Å²) in [6.45, 7) is 0.423. The van der Waals surface area contributed by atoms with Gasteiger partial charge in [-0.2, -0.15) is 5.10 Å². The summed E-state index contributed by atoms with van der Waals surface area (Å²) in [6, 6.07) is 7.52. The number of aromatic nitrogens is 5. The molecule has 5 aromatic heterocycles. The average Bonchev–Trinajstić information content (AvgIpc) is 3.40. The van der Waals surface area contributed by atoms with Crippen molar-refractivity contribution < 1.29 is 4.79 Å². The Balaban J connectivity index is 1.34. The maximum Gasteiger partial charge on any atom is 0.261 e. The van der Waals surface area contributed by atoms with Crippen molar-refractivity contribution in [1.82, 2.24) is 29.5 Å². The van der Waals surface area contributed by atoms with Crippen LogP contribution in [0.3, 0.4) is 0 Å². The standard InChI is InChI=1S/C17H12N6OS2/c24-15(13-9-12-16(26-13)21-17-22(12)6-7-25-17)19-10-11-2-4-18-14(8-11)23-5-1-3-20-23/h1-9H,10H2,(H,19,24). The van der Waals surface area contributed by atoms with Gasteiger partial charge in [0, 0.05) is 36.7 Å². The first kappa shape index (κ1) is 15.2. The number of pyridine rings is 1. The van der Waals surface area contributed by atoms with Crippen LogP contribution >= 0.6 is 22.7 Å². The quantitative estimate of drug-likeness (QED) is 0.520. The number of hydrogen-bond acceptors (Lipinski definition) is 6. The minimum Gasteiger partial charge on any atom is -0.347 e. The molecule has 0 aromatic carbocycles. The Morgan fingerprint density at radius 1 is 1.23 bits per heavy atom. The fraction of sp³-hybridized carbons (Fsp3) is 0.0588. The number of thiazole rings is 1. The van der Waals surface area contributed by atoms with Crippen LogP contribution in [0.4, 0.5) is 0 Å². The van der Waals surface area contributed by atoms with E-state index in [2.05, 4.69) is 20.4 Å². The maximum atomic E-state index is 12.5. The molecule has 0 unspecified atom stereocenters. The van der Waals surface area contributed by atoms with Crippen LogP contribution in [-0.4, -0.2) is 30.1 Å². The van der Waals surface area contributed by atoms with Gasteiger partial charge in [-0.15, -0.1) is 22.7 Å². The van der Waals surface area contributed by atoms with Gasteiger partial charge in [-0.3, -0.25) is 9.20 Å². The highest BCUT2D eigenvalue weighted by Crippen LogP contribution is 2.28. The molecule has 5 aromatic rings. The number of nitrogens with one attached hydrogen (secondary N) is 1. The number of imidazole rings is 1. The second-order valence-electron chi connectivity index (χ2n) is 5.62. The number of thiophene rings is 1. The average molecular weight is 380 g/mol. The van der Waals surface area contributed by atoms with Gasteiger partial charge in [0.1, 0.15) is 4.83 Å². The summed E-state index contributed by atoms with van der Waals surface area (Å²) in [5.74, 6) is 0.617. The molecule has 0 bridgehead atoms. The Kier molecular flexibility index (Phi) is 3.54. The van der Waals surface area contributed by atoms with Crippen molar-refractivity contribution in [3.8, 4) is 5.82 Å². The molecule has 0 saturated heterocycles. The van der Waals surface area contributed by atoms with Crippen LogP contribution in [0.2, 0.25) is 0 Å². The number of carbonyl (C=O) groups excluding carboxylic acids is 1. The lowest BCUT2D eigenvalue weighted by molar-refractivity contribution is 0.0955. The van der Waals surface area contributed by atoms with E-state index in [4.69, 9.17) is 0 Å². The molecule has 7 nitrogen and oxygen atoms in total. The Morgan fingerprint density at radius 2 is 2.19 bits per heavy atom. The van der Waals surface area contributed by atoms with E-state index in [1.165, 1.54) is 11.3 Å². The molecule has 0 radical (unpaired) electrons. The molecule has 0 saturated carbocycles. The number of nitrogens with zero attached hydrogens (tertiary/aromatic N) is 5. The molecule has 0 aliphatic carbocycles. The summed E-state index contributed by atoms with van der Waals surface area (Å²) in [7, 11) is 0. The summed E-state index contributed by atoms with van der Waals surface area (Å²) >= 11 is 2.99. The van der Waals surface area contributed by atoms with Crippen LogP contribution in [0.15, 0.2) is 54.4 Å². The highest BCUT2D eigenvalue weighted by Gasteiger charge is 2.15. The monoisotopic (exact) mass is 380 g/mol. The maximum absolute atomic E-state index is 12.5. The molecule has 26 heavy (non-hydrogen) atoms. The van der Waals surface area contributed by atoms with Gasteiger partial charge in [0.15, 0.2) is 10.8 Å². The first-order valence-electron chi connectivity index (χ1n) is 7.86. The van der Waals surface area contributed by atoms with Gasteiger partial charge in [-0.05, 0) is 29.8 Å². The van der Waals surface area contributed by atoms with Crippen molar-refractivity contribution in [2.24, 2.45) is 0 Å². The van der Waals surface area contributed by atoms with Crippen molar-refractivity contribution in [2.75, 3.05) is 0 Å². The third-order valence-electron chi connectivity index (χ3n) is 3.97. The van der Waals surface area contributed by atoms with E-state index in [-0.39, 0.29) is 5.91 Å². The molecule has 0 fully saturated rings. The Morgan fingerprint density at radius 3 is 3.08 bits per heavy atom. The predicted octanol–water partition coefficient (Wildman–Crippen LogP) is 3.12. The fourth-order valence-electron chi connectivity index (χ4n) is 2.73. The molecule has 1 N–H and O–H groups in total. The molecule has 5 rings (SSSR count). The SMILES string of the molecule is O=C(NCc1ccnc(-n2cccn2)c1)c1cc2c(nc3sccn32)s1.